The Labute approximate surface area is 217 Å². The zero-order valence-electron chi connectivity index (χ0n) is 23.3. The van der Waals surface area contributed by atoms with Gasteiger partial charge in [0.1, 0.15) is 11.2 Å². The van der Waals surface area contributed by atoms with Crippen LogP contribution in [0.4, 0.5) is 9.59 Å². The average molecular weight is 506 g/mol. The van der Waals surface area contributed by atoms with Gasteiger partial charge < -0.3 is 25.4 Å². The van der Waals surface area contributed by atoms with Gasteiger partial charge in [0.15, 0.2) is 0 Å². The lowest BCUT2D eigenvalue weighted by Gasteiger charge is -2.36. The predicted molar refractivity (Wildman–Crippen MR) is 143 cm³/mol. The van der Waals surface area contributed by atoms with E-state index in [4.69, 9.17) is 9.47 Å². The molecule has 8 heteroatoms. The van der Waals surface area contributed by atoms with E-state index in [0.29, 0.717) is 44.3 Å². The Kier molecular flexibility index (Phi) is 12.8. The third kappa shape index (κ3) is 14.0. The number of unbranched alkanes of at least 4 members (excludes halogenated alkanes) is 1. The van der Waals surface area contributed by atoms with Gasteiger partial charge in [-0.1, -0.05) is 38.0 Å². The molecule has 0 saturated carbocycles. The summed E-state index contributed by atoms with van der Waals surface area (Å²) in [6, 6.07) is 9.17. The van der Waals surface area contributed by atoms with Crippen molar-refractivity contribution in [3.8, 4) is 0 Å². The van der Waals surface area contributed by atoms with E-state index in [1.165, 1.54) is 0 Å². The van der Waals surface area contributed by atoms with Gasteiger partial charge in [-0.2, -0.15) is 0 Å². The summed E-state index contributed by atoms with van der Waals surface area (Å²) >= 11 is 0. The first-order valence-corrected chi connectivity index (χ1v) is 13.1. The van der Waals surface area contributed by atoms with Crippen molar-refractivity contribution in [1.29, 1.82) is 0 Å². The average Bonchev–Trinajstić information content (AvgIpc) is 2.76. The Bertz CT molecular complexity index is 777. The molecule has 0 atom stereocenters. The standard InChI is InChI=1S/C28H47N3O5/c1-8-9-17-28(31-23(32)22-15-11-10-12-16-22,18-13-20-29-24(33)35-26(2,3)4)19-14-21-30-25(34)36-27(5,6)7/h10-12,15-16H,8-9,13-14,17-21H2,1-7H3,(H,29,33)(H,30,34)(H,31,32). The maximum Gasteiger partial charge on any atom is 0.407 e. The first kappa shape index (κ1) is 31.3. The lowest BCUT2D eigenvalue weighted by Crippen LogP contribution is -2.49. The lowest BCUT2D eigenvalue weighted by molar-refractivity contribution is 0.0516. The number of ether oxygens (including phenoxy) is 2. The molecule has 8 nitrogen and oxygen atoms in total. The Morgan fingerprint density at radius 1 is 0.722 bits per heavy atom. The van der Waals surface area contributed by atoms with Crippen LogP contribution in [0, 0.1) is 0 Å². The molecule has 3 amide bonds. The van der Waals surface area contributed by atoms with E-state index in [0.717, 1.165) is 19.3 Å². The number of benzene rings is 1. The van der Waals surface area contributed by atoms with E-state index >= 15 is 0 Å². The van der Waals surface area contributed by atoms with Crippen molar-refractivity contribution < 1.29 is 23.9 Å². The van der Waals surface area contributed by atoms with Gasteiger partial charge in [-0.25, -0.2) is 9.59 Å². The van der Waals surface area contributed by atoms with E-state index in [-0.39, 0.29) is 5.91 Å². The van der Waals surface area contributed by atoms with Crippen LogP contribution in [0.25, 0.3) is 0 Å². The van der Waals surface area contributed by atoms with Gasteiger partial charge >= 0.3 is 12.2 Å². The monoisotopic (exact) mass is 505 g/mol. The molecule has 1 aromatic carbocycles. The molecule has 0 aliphatic carbocycles. The molecule has 0 aromatic heterocycles. The van der Waals surface area contributed by atoms with Crippen molar-refractivity contribution in [1.82, 2.24) is 16.0 Å². The first-order chi connectivity index (χ1) is 16.8. The second-order valence-electron chi connectivity index (χ2n) is 11.3. The summed E-state index contributed by atoms with van der Waals surface area (Å²) < 4.78 is 10.6. The van der Waals surface area contributed by atoms with E-state index in [1.807, 2.05) is 59.7 Å². The zero-order chi connectivity index (χ0) is 27.2. The zero-order valence-corrected chi connectivity index (χ0v) is 23.3. The van der Waals surface area contributed by atoms with Crippen molar-refractivity contribution >= 4 is 18.1 Å². The van der Waals surface area contributed by atoms with E-state index < -0.39 is 28.9 Å². The van der Waals surface area contributed by atoms with Crippen LogP contribution in [0.3, 0.4) is 0 Å². The molecule has 1 aromatic rings. The van der Waals surface area contributed by atoms with Gasteiger partial charge in [0.2, 0.25) is 0 Å². The smallest absolute Gasteiger partial charge is 0.407 e. The minimum atomic E-state index is -0.556. The highest BCUT2D eigenvalue weighted by Gasteiger charge is 2.31. The molecule has 1 rings (SSSR count). The fourth-order valence-corrected chi connectivity index (χ4v) is 3.84. The SMILES string of the molecule is CCCCC(CCCNC(=O)OC(C)(C)C)(CCCNC(=O)OC(C)(C)C)NC(=O)c1ccccc1. The molecule has 0 saturated heterocycles. The molecule has 0 unspecified atom stereocenters. The van der Waals surface area contributed by atoms with Gasteiger partial charge in [-0.05, 0) is 85.8 Å². The summed E-state index contributed by atoms with van der Waals surface area (Å²) in [5, 5.41) is 8.93. The van der Waals surface area contributed by atoms with E-state index in [9.17, 15) is 14.4 Å². The minimum Gasteiger partial charge on any atom is -0.444 e. The number of carbonyl (C=O) groups excluding carboxylic acids is 3. The van der Waals surface area contributed by atoms with Crippen LogP contribution in [0.15, 0.2) is 30.3 Å². The van der Waals surface area contributed by atoms with Gasteiger partial charge in [0.25, 0.3) is 5.91 Å². The summed E-state index contributed by atoms with van der Waals surface area (Å²) in [7, 11) is 0. The van der Waals surface area contributed by atoms with Gasteiger partial charge in [-0.3, -0.25) is 4.79 Å². The van der Waals surface area contributed by atoms with Crippen molar-refractivity contribution in [2.75, 3.05) is 13.1 Å². The fourth-order valence-electron chi connectivity index (χ4n) is 3.84. The molecule has 0 bridgehead atoms. The second-order valence-corrected chi connectivity index (χ2v) is 11.3. The number of rotatable bonds is 13. The molecular weight excluding hydrogens is 458 g/mol. The van der Waals surface area contributed by atoms with Crippen LogP contribution in [0.5, 0.6) is 0 Å². The highest BCUT2D eigenvalue weighted by molar-refractivity contribution is 5.94. The molecule has 0 spiro atoms. The molecule has 0 aliphatic heterocycles. The minimum absolute atomic E-state index is 0.119. The van der Waals surface area contributed by atoms with Crippen molar-refractivity contribution in [3.05, 3.63) is 35.9 Å². The van der Waals surface area contributed by atoms with Crippen LogP contribution in [-0.2, 0) is 9.47 Å². The van der Waals surface area contributed by atoms with Crippen LogP contribution in [0.1, 0.15) is 104 Å². The van der Waals surface area contributed by atoms with Crippen LogP contribution in [-0.4, -0.2) is 47.9 Å². The Morgan fingerprint density at radius 3 is 1.58 bits per heavy atom. The highest BCUT2D eigenvalue weighted by atomic mass is 16.6. The molecule has 0 radical (unpaired) electrons. The molecule has 36 heavy (non-hydrogen) atoms. The van der Waals surface area contributed by atoms with Gasteiger partial charge in [0, 0.05) is 24.2 Å². The number of amides is 3. The molecule has 0 aliphatic rings. The molecule has 0 fully saturated rings. The maximum absolute atomic E-state index is 13.1. The number of hydrogen-bond acceptors (Lipinski definition) is 5. The number of carbonyl (C=O) groups is 3. The van der Waals surface area contributed by atoms with Gasteiger partial charge in [-0.15, -0.1) is 0 Å². The normalized spacial score (nSPS) is 12.0. The lowest BCUT2D eigenvalue weighted by atomic mass is 9.83. The summed E-state index contributed by atoms with van der Waals surface area (Å²) in [6.45, 7) is 14.0. The van der Waals surface area contributed by atoms with Crippen LogP contribution < -0.4 is 16.0 Å². The van der Waals surface area contributed by atoms with Gasteiger partial charge in [0.05, 0.1) is 0 Å². The molecule has 204 valence electrons. The number of nitrogens with one attached hydrogen (secondary N) is 3. The molecular formula is C28H47N3O5. The van der Waals surface area contributed by atoms with Crippen LogP contribution >= 0.6 is 0 Å². The quantitative estimate of drug-likeness (QED) is 0.287. The van der Waals surface area contributed by atoms with Crippen molar-refractivity contribution in [3.63, 3.8) is 0 Å². The third-order valence-corrected chi connectivity index (χ3v) is 5.42. The molecule has 3 N–H and O–H groups in total. The fraction of sp³-hybridized carbons (Fsp3) is 0.679. The first-order valence-electron chi connectivity index (χ1n) is 13.1. The summed E-state index contributed by atoms with van der Waals surface area (Å²) in [5.41, 5.74) is -0.967. The summed E-state index contributed by atoms with van der Waals surface area (Å²) in [4.78, 5) is 37.2. The Morgan fingerprint density at radius 2 is 1.17 bits per heavy atom. The third-order valence-electron chi connectivity index (χ3n) is 5.42. The Balaban J connectivity index is 2.86. The predicted octanol–water partition coefficient (Wildman–Crippen LogP) is 5.96. The van der Waals surface area contributed by atoms with Crippen LogP contribution in [0.2, 0.25) is 0 Å². The highest BCUT2D eigenvalue weighted by Crippen LogP contribution is 2.27. The summed E-state index contributed by atoms with van der Waals surface area (Å²) in [5.74, 6) is -0.119. The summed E-state index contributed by atoms with van der Waals surface area (Å²) in [6.07, 6.45) is 4.59. The van der Waals surface area contributed by atoms with Crippen molar-refractivity contribution in [2.24, 2.45) is 0 Å². The maximum atomic E-state index is 13.1. The van der Waals surface area contributed by atoms with E-state index in [2.05, 4.69) is 22.9 Å². The topological polar surface area (TPSA) is 106 Å². The number of hydrogen-bond donors (Lipinski definition) is 3. The Hall–Kier alpha value is -2.77. The second kappa shape index (κ2) is 14.7. The number of alkyl carbamates (subject to hydrolysis) is 2. The molecule has 0 heterocycles. The van der Waals surface area contributed by atoms with Crippen molar-refractivity contribution in [2.45, 2.75) is 110 Å². The van der Waals surface area contributed by atoms with E-state index in [1.54, 1.807) is 12.1 Å². The largest absolute Gasteiger partial charge is 0.444 e.